The van der Waals surface area contributed by atoms with Crippen molar-refractivity contribution < 1.29 is 45.8 Å². The van der Waals surface area contributed by atoms with E-state index in [4.69, 9.17) is 37.3 Å². The zero-order chi connectivity index (χ0) is 25.6. The van der Waals surface area contributed by atoms with E-state index in [1.165, 1.54) is 12.1 Å². The van der Waals surface area contributed by atoms with Gasteiger partial charge in [0.25, 0.3) is 10.1 Å². The minimum absolute atomic E-state index is 0.0496. The molecule has 0 spiro atoms. The summed E-state index contributed by atoms with van der Waals surface area (Å²) in [5.74, 6) is 0. The van der Waals surface area contributed by atoms with Crippen molar-refractivity contribution in [2.24, 2.45) is 0 Å². The summed E-state index contributed by atoms with van der Waals surface area (Å²) >= 11 is 0. The zero-order valence-electron chi connectivity index (χ0n) is 21.3. The molecule has 1 aromatic carbocycles. The van der Waals surface area contributed by atoms with Gasteiger partial charge in [0, 0.05) is 0 Å². The molecule has 0 fully saturated rings. The van der Waals surface area contributed by atoms with Gasteiger partial charge in [-0.15, -0.1) is 0 Å². The maximum absolute atomic E-state index is 12.0. The van der Waals surface area contributed by atoms with Crippen molar-refractivity contribution in [1.29, 1.82) is 0 Å². The number of rotatable bonds is 24. The molecule has 1 aromatic rings. The van der Waals surface area contributed by atoms with E-state index in [0.29, 0.717) is 79.3 Å². The van der Waals surface area contributed by atoms with Gasteiger partial charge >= 0.3 is 0 Å². The van der Waals surface area contributed by atoms with Crippen LogP contribution in [0.3, 0.4) is 0 Å². The van der Waals surface area contributed by atoms with E-state index in [9.17, 15) is 8.42 Å². The number of aryl methyl sites for hydroxylation is 1. The average molecular weight is 523 g/mol. The van der Waals surface area contributed by atoms with Crippen molar-refractivity contribution >= 4 is 10.1 Å². The summed E-state index contributed by atoms with van der Waals surface area (Å²) in [6, 6.07) is 6.49. The molecule has 1 rings (SSSR count). The lowest BCUT2D eigenvalue weighted by Gasteiger charge is -2.09. The Morgan fingerprint density at radius 1 is 0.571 bits per heavy atom. The van der Waals surface area contributed by atoms with Crippen LogP contribution in [0.15, 0.2) is 29.2 Å². The number of benzene rings is 1. The second-order valence-electron chi connectivity index (χ2n) is 7.68. The first-order valence-electron chi connectivity index (χ1n) is 12.0. The highest BCUT2D eigenvalue weighted by atomic mass is 32.2. The van der Waals surface area contributed by atoms with Gasteiger partial charge in [0.1, 0.15) is 0 Å². The Kier molecular flexibility index (Phi) is 19.1. The molecule has 0 saturated heterocycles. The largest absolute Gasteiger partial charge is 0.377 e. The first-order chi connectivity index (χ1) is 16.9. The van der Waals surface area contributed by atoms with Crippen LogP contribution >= 0.6 is 0 Å². The Hall–Kier alpha value is -1.15. The second kappa shape index (κ2) is 21.0. The molecule has 0 amide bonds. The Balaban J connectivity index is 1.77. The Morgan fingerprint density at radius 2 is 0.914 bits per heavy atom. The molecule has 0 N–H and O–H groups in total. The first-order valence-corrected chi connectivity index (χ1v) is 13.4. The highest BCUT2D eigenvalue weighted by molar-refractivity contribution is 7.86. The molecule has 0 saturated carbocycles. The fourth-order valence-electron chi connectivity index (χ4n) is 2.52. The molecule has 35 heavy (non-hydrogen) atoms. The summed E-state index contributed by atoms with van der Waals surface area (Å²) in [5, 5.41) is 0. The molecule has 204 valence electrons. The standard InChI is InChI=1S/C24H42O10S/c1-22(2)33-20-18-31-16-14-29-12-10-27-8-9-28-11-13-30-15-17-32-19-21-34-35(25,26)24-6-4-23(3)5-7-24/h4-7,22H,8-21H2,1-3H3. The summed E-state index contributed by atoms with van der Waals surface area (Å²) in [6.07, 6.45) is 0.223. The van der Waals surface area contributed by atoms with Gasteiger partial charge in [0.15, 0.2) is 0 Å². The summed E-state index contributed by atoms with van der Waals surface area (Å²) < 4.78 is 66.7. The van der Waals surface area contributed by atoms with E-state index in [2.05, 4.69) is 0 Å². The minimum atomic E-state index is -3.76. The quantitative estimate of drug-likeness (QED) is 0.148. The fourth-order valence-corrected chi connectivity index (χ4v) is 3.41. The lowest BCUT2D eigenvalue weighted by molar-refractivity contribution is -0.0242. The fraction of sp³-hybridized carbons (Fsp3) is 0.750. The van der Waals surface area contributed by atoms with Crippen LogP contribution in [0, 0.1) is 6.92 Å². The monoisotopic (exact) mass is 522 g/mol. The van der Waals surface area contributed by atoms with Crippen molar-refractivity contribution in [1.82, 2.24) is 0 Å². The van der Waals surface area contributed by atoms with Gasteiger partial charge in [-0.05, 0) is 32.9 Å². The van der Waals surface area contributed by atoms with E-state index in [1.807, 2.05) is 20.8 Å². The van der Waals surface area contributed by atoms with Crippen molar-refractivity contribution in [2.45, 2.75) is 31.8 Å². The predicted octanol–water partition coefficient (Wildman–Crippen LogP) is 2.22. The molecule has 0 radical (unpaired) electrons. The molecular formula is C24H42O10S. The van der Waals surface area contributed by atoms with Crippen LogP contribution in [-0.2, 0) is 47.5 Å². The highest BCUT2D eigenvalue weighted by Gasteiger charge is 2.14. The van der Waals surface area contributed by atoms with E-state index < -0.39 is 10.1 Å². The summed E-state index contributed by atoms with van der Waals surface area (Å²) in [6.45, 7) is 11.8. The highest BCUT2D eigenvalue weighted by Crippen LogP contribution is 2.12. The van der Waals surface area contributed by atoms with Crippen LogP contribution < -0.4 is 0 Å². The van der Waals surface area contributed by atoms with Crippen molar-refractivity contribution in [3.05, 3.63) is 29.8 Å². The first kappa shape index (κ1) is 31.9. The third kappa shape index (κ3) is 18.7. The predicted molar refractivity (Wildman–Crippen MR) is 130 cm³/mol. The normalized spacial score (nSPS) is 12.0. The summed E-state index contributed by atoms with van der Waals surface area (Å²) in [7, 11) is -3.76. The van der Waals surface area contributed by atoms with Gasteiger partial charge in [-0.2, -0.15) is 8.42 Å². The summed E-state index contributed by atoms with van der Waals surface area (Å²) in [4.78, 5) is 0.134. The Morgan fingerprint density at radius 3 is 1.29 bits per heavy atom. The van der Waals surface area contributed by atoms with Crippen LogP contribution in [-0.4, -0.2) is 107 Å². The van der Waals surface area contributed by atoms with E-state index in [0.717, 1.165) is 5.56 Å². The van der Waals surface area contributed by atoms with Crippen LogP contribution in [0.5, 0.6) is 0 Å². The molecule has 0 aliphatic rings. The van der Waals surface area contributed by atoms with Crippen LogP contribution in [0.25, 0.3) is 0 Å². The molecule has 0 bridgehead atoms. The lowest BCUT2D eigenvalue weighted by atomic mass is 10.2. The minimum Gasteiger partial charge on any atom is -0.377 e. The maximum atomic E-state index is 12.0. The van der Waals surface area contributed by atoms with E-state index in [-0.39, 0.29) is 24.2 Å². The Bertz CT molecular complexity index is 710. The molecule has 0 heterocycles. The average Bonchev–Trinajstić information content (AvgIpc) is 2.82. The van der Waals surface area contributed by atoms with Crippen molar-refractivity contribution in [2.75, 3.05) is 92.5 Å². The van der Waals surface area contributed by atoms with Crippen molar-refractivity contribution in [3.63, 3.8) is 0 Å². The molecule has 0 atom stereocenters. The van der Waals surface area contributed by atoms with Crippen LogP contribution in [0.2, 0.25) is 0 Å². The summed E-state index contributed by atoms with van der Waals surface area (Å²) in [5.41, 5.74) is 0.980. The van der Waals surface area contributed by atoms with E-state index >= 15 is 0 Å². The molecule has 0 aliphatic heterocycles. The number of hydrogen-bond donors (Lipinski definition) is 0. The van der Waals surface area contributed by atoms with Gasteiger partial charge in [-0.3, -0.25) is 4.18 Å². The lowest BCUT2D eigenvalue weighted by Crippen LogP contribution is -2.15. The van der Waals surface area contributed by atoms with Gasteiger partial charge < -0.3 is 33.2 Å². The van der Waals surface area contributed by atoms with Gasteiger partial charge in [0.2, 0.25) is 0 Å². The molecule has 0 aliphatic carbocycles. The zero-order valence-corrected chi connectivity index (χ0v) is 22.1. The molecule has 11 heteroatoms. The molecule has 0 unspecified atom stereocenters. The number of hydrogen-bond acceptors (Lipinski definition) is 10. The third-order valence-corrected chi connectivity index (χ3v) is 5.64. The molecular weight excluding hydrogens is 480 g/mol. The third-order valence-electron chi connectivity index (χ3n) is 4.31. The topological polar surface area (TPSA) is 108 Å². The van der Waals surface area contributed by atoms with Crippen LogP contribution in [0.4, 0.5) is 0 Å². The second-order valence-corrected chi connectivity index (χ2v) is 9.30. The van der Waals surface area contributed by atoms with Gasteiger partial charge in [0.05, 0.1) is 103 Å². The van der Waals surface area contributed by atoms with Crippen molar-refractivity contribution in [3.8, 4) is 0 Å². The molecule has 0 aromatic heterocycles. The van der Waals surface area contributed by atoms with Gasteiger partial charge in [-0.1, -0.05) is 17.7 Å². The SMILES string of the molecule is Cc1ccc(S(=O)(=O)OCCOCCOCCOCCOCCOCCOCCOC(C)C)cc1. The van der Waals surface area contributed by atoms with Crippen LogP contribution in [0.1, 0.15) is 19.4 Å². The molecule has 10 nitrogen and oxygen atoms in total. The Labute approximate surface area is 210 Å². The number of ether oxygens (including phenoxy) is 7. The van der Waals surface area contributed by atoms with E-state index in [1.54, 1.807) is 12.1 Å². The smallest absolute Gasteiger partial charge is 0.297 e. The maximum Gasteiger partial charge on any atom is 0.297 e. The van der Waals surface area contributed by atoms with Gasteiger partial charge in [-0.25, -0.2) is 0 Å².